The molecule has 0 unspecified atom stereocenters. The zero-order valence-electron chi connectivity index (χ0n) is 13.9. The summed E-state index contributed by atoms with van der Waals surface area (Å²) in [5.41, 5.74) is 4.14. The van der Waals surface area contributed by atoms with Crippen molar-refractivity contribution in [2.45, 2.75) is 39.5 Å². The molecule has 2 rings (SSSR count). The zero-order valence-corrected chi connectivity index (χ0v) is 13.9. The molecule has 0 aliphatic carbocycles. The number of hydrogen-bond donors (Lipinski definition) is 1. The molecule has 0 aromatic heterocycles. The van der Waals surface area contributed by atoms with Gasteiger partial charge >= 0.3 is 5.97 Å². The van der Waals surface area contributed by atoms with Gasteiger partial charge in [-0.15, -0.1) is 5.11 Å². The predicted molar refractivity (Wildman–Crippen MR) is 92.2 cm³/mol. The number of azo groups is 1. The fraction of sp³-hybridized carbons (Fsp3) is 0.316. The maximum atomic E-state index is 10.9. The second kappa shape index (κ2) is 7.18. The summed E-state index contributed by atoms with van der Waals surface area (Å²) < 4.78 is 0. The van der Waals surface area contributed by atoms with Crippen molar-refractivity contribution >= 4 is 17.3 Å². The number of benzene rings is 2. The van der Waals surface area contributed by atoms with Gasteiger partial charge in [-0.05, 0) is 47.2 Å². The lowest BCUT2D eigenvalue weighted by atomic mass is 9.93. The van der Waals surface area contributed by atoms with Crippen LogP contribution in [-0.4, -0.2) is 11.1 Å². The number of nitrogens with zero attached hydrogens (tertiary/aromatic N) is 2. The molecule has 120 valence electrons. The number of carboxylic acids is 1. The second-order valence-corrected chi connectivity index (χ2v) is 6.15. The highest BCUT2D eigenvalue weighted by Crippen LogP contribution is 2.35. The smallest absolute Gasteiger partial charge is 0.335 e. The molecule has 0 amide bonds. The van der Waals surface area contributed by atoms with Gasteiger partial charge in [0.15, 0.2) is 0 Å². The minimum Gasteiger partial charge on any atom is -0.478 e. The fourth-order valence-electron chi connectivity index (χ4n) is 2.41. The highest BCUT2D eigenvalue weighted by Gasteiger charge is 2.13. The topological polar surface area (TPSA) is 62.0 Å². The first-order valence-corrected chi connectivity index (χ1v) is 7.78. The van der Waals surface area contributed by atoms with Gasteiger partial charge in [0.05, 0.1) is 16.9 Å². The molecule has 0 radical (unpaired) electrons. The van der Waals surface area contributed by atoms with Crippen molar-refractivity contribution in [1.82, 2.24) is 0 Å². The Morgan fingerprint density at radius 2 is 1.39 bits per heavy atom. The summed E-state index contributed by atoms with van der Waals surface area (Å²) in [6.07, 6.45) is 0. The molecule has 0 fully saturated rings. The van der Waals surface area contributed by atoms with Gasteiger partial charge < -0.3 is 5.11 Å². The summed E-state index contributed by atoms with van der Waals surface area (Å²) in [7, 11) is 0. The van der Waals surface area contributed by atoms with Crippen molar-refractivity contribution in [3.8, 4) is 0 Å². The van der Waals surface area contributed by atoms with Gasteiger partial charge in [-0.3, -0.25) is 0 Å². The van der Waals surface area contributed by atoms with Gasteiger partial charge in [-0.25, -0.2) is 4.79 Å². The van der Waals surface area contributed by atoms with Gasteiger partial charge in [0.1, 0.15) is 0 Å². The van der Waals surface area contributed by atoms with Crippen LogP contribution in [-0.2, 0) is 0 Å². The normalized spacial score (nSPS) is 11.6. The first-order chi connectivity index (χ1) is 10.9. The Morgan fingerprint density at radius 1 is 0.870 bits per heavy atom. The van der Waals surface area contributed by atoms with E-state index in [1.807, 2.05) is 0 Å². The van der Waals surface area contributed by atoms with Gasteiger partial charge in [-0.2, -0.15) is 5.11 Å². The maximum absolute atomic E-state index is 10.9. The Balaban J connectivity index is 2.39. The molecule has 4 nitrogen and oxygen atoms in total. The van der Waals surface area contributed by atoms with Crippen molar-refractivity contribution in [3.63, 3.8) is 0 Å². The molecule has 1 N–H and O–H groups in total. The van der Waals surface area contributed by atoms with Gasteiger partial charge in [0, 0.05) is 0 Å². The molecular weight excluding hydrogens is 288 g/mol. The van der Waals surface area contributed by atoms with Crippen LogP contribution < -0.4 is 0 Å². The minimum atomic E-state index is -0.944. The van der Waals surface area contributed by atoms with E-state index in [-0.39, 0.29) is 5.56 Å². The second-order valence-electron chi connectivity index (χ2n) is 6.15. The molecule has 0 aliphatic heterocycles. The van der Waals surface area contributed by atoms with E-state index in [0.29, 0.717) is 17.5 Å². The summed E-state index contributed by atoms with van der Waals surface area (Å²) >= 11 is 0. The van der Waals surface area contributed by atoms with Crippen LogP contribution in [0.3, 0.4) is 0 Å². The Morgan fingerprint density at radius 3 is 1.83 bits per heavy atom. The standard InChI is InChI=1S/C19H22N2O2/c1-12(2)16-6-5-7-17(13(3)4)18(16)21-20-15-10-8-14(9-11-15)19(22)23/h5-13H,1-4H3,(H,22,23)/b21-20+. The van der Waals surface area contributed by atoms with E-state index in [4.69, 9.17) is 5.11 Å². The molecule has 0 bridgehead atoms. The Labute approximate surface area is 136 Å². The average Bonchev–Trinajstić information content (AvgIpc) is 2.52. The first-order valence-electron chi connectivity index (χ1n) is 7.78. The van der Waals surface area contributed by atoms with E-state index in [9.17, 15) is 4.79 Å². The number of rotatable bonds is 5. The largest absolute Gasteiger partial charge is 0.478 e. The molecule has 0 saturated carbocycles. The summed E-state index contributed by atoms with van der Waals surface area (Å²) in [6.45, 7) is 8.56. The van der Waals surface area contributed by atoms with Crippen LogP contribution in [0.2, 0.25) is 0 Å². The van der Waals surface area contributed by atoms with Crippen LogP contribution in [0.4, 0.5) is 11.4 Å². The van der Waals surface area contributed by atoms with Gasteiger partial charge in [-0.1, -0.05) is 45.9 Å². The fourth-order valence-corrected chi connectivity index (χ4v) is 2.41. The Hall–Kier alpha value is -2.49. The highest BCUT2D eigenvalue weighted by molar-refractivity contribution is 5.87. The monoisotopic (exact) mass is 310 g/mol. The van der Waals surface area contributed by atoms with Crippen LogP contribution in [0.25, 0.3) is 0 Å². The molecule has 23 heavy (non-hydrogen) atoms. The molecule has 4 heteroatoms. The molecule has 0 saturated heterocycles. The number of aromatic carboxylic acids is 1. The number of carbonyl (C=O) groups is 1. The van der Waals surface area contributed by atoms with Crippen molar-refractivity contribution in [3.05, 3.63) is 59.2 Å². The third-order valence-corrected chi connectivity index (χ3v) is 3.72. The quantitative estimate of drug-likeness (QED) is 0.683. The predicted octanol–water partition coefficient (Wildman–Crippen LogP) is 6.05. The van der Waals surface area contributed by atoms with E-state index >= 15 is 0 Å². The van der Waals surface area contributed by atoms with Crippen molar-refractivity contribution in [2.75, 3.05) is 0 Å². The average molecular weight is 310 g/mol. The summed E-state index contributed by atoms with van der Waals surface area (Å²) in [6, 6.07) is 12.6. The van der Waals surface area contributed by atoms with Crippen molar-refractivity contribution in [2.24, 2.45) is 10.2 Å². The first kappa shape index (κ1) is 16.9. The van der Waals surface area contributed by atoms with Crippen LogP contribution in [0.15, 0.2) is 52.7 Å². The van der Waals surface area contributed by atoms with Crippen molar-refractivity contribution in [1.29, 1.82) is 0 Å². The van der Waals surface area contributed by atoms with Gasteiger partial charge in [0.2, 0.25) is 0 Å². The lowest BCUT2D eigenvalue weighted by Crippen LogP contribution is -1.95. The summed E-state index contributed by atoms with van der Waals surface area (Å²) in [4.78, 5) is 10.9. The minimum absolute atomic E-state index is 0.245. The molecule has 0 aliphatic rings. The Kier molecular flexibility index (Phi) is 5.27. The van der Waals surface area contributed by atoms with E-state index in [1.165, 1.54) is 23.3 Å². The molecule has 0 spiro atoms. The SMILES string of the molecule is CC(C)c1cccc(C(C)C)c1/N=N/c1ccc(C(=O)O)cc1. The molecular formula is C19H22N2O2. The molecule has 2 aromatic rings. The zero-order chi connectivity index (χ0) is 17.0. The number of carboxylic acid groups (broad SMARTS) is 1. The maximum Gasteiger partial charge on any atom is 0.335 e. The van der Waals surface area contributed by atoms with E-state index < -0.39 is 5.97 Å². The van der Waals surface area contributed by atoms with Crippen LogP contribution in [0.5, 0.6) is 0 Å². The van der Waals surface area contributed by atoms with Crippen LogP contribution in [0.1, 0.15) is 61.0 Å². The molecule has 0 atom stereocenters. The third-order valence-electron chi connectivity index (χ3n) is 3.72. The number of hydrogen-bond acceptors (Lipinski definition) is 3. The van der Waals surface area contributed by atoms with E-state index in [1.54, 1.807) is 12.1 Å². The van der Waals surface area contributed by atoms with Crippen LogP contribution in [0, 0.1) is 0 Å². The van der Waals surface area contributed by atoms with Crippen molar-refractivity contribution < 1.29 is 9.90 Å². The molecule has 0 heterocycles. The lowest BCUT2D eigenvalue weighted by molar-refractivity contribution is 0.0697. The van der Waals surface area contributed by atoms with E-state index in [0.717, 1.165) is 5.69 Å². The summed E-state index contributed by atoms with van der Waals surface area (Å²) in [5.74, 6) is -0.227. The van der Waals surface area contributed by atoms with Gasteiger partial charge in [0.25, 0.3) is 0 Å². The highest BCUT2D eigenvalue weighted by atomic mass is 16.4. The third kappa shape index (κ3) is 4.03. The molecule has 2 aromatic carbocycles. The summed E-state index contributed by atoms with van der Waals surface area (Å²) in [5, 5.41) is 17.7. The lowest BCUT2D eigenvalue weighted by Gasteiger charge is -2.15. The Bertz CT molecular complexity index is 690. The van der Waals surface area contributed by atoms with E-state index in [2.05, 4.69) is 56.1 Å². The van der Waals surface area contributed by atoms with Crippen LogP contribution >= 0.6 is 0 Å².